The number of hydrogen-bond donors (Lipinski definition) is 2. The van der Waals surface area contributed by atoms with Crippen LogP contribution in [0.5, 0.6) is 0 Å². The van der Waals surface area contributed by atoms with Crippen molar-refractivity contribution in [2.24, 2.45) is 5.92 Å². The SMILES string of the molecule is CCCNC(=O)C1CCCN(c2ccc(SCC(=O)Nc3ccc(C)cc3Cl)nn2)C1. The Hall–Kier alpha value is -2.32. The Kier molecular flexibility index (Phi) is 8.54. The van der Waals surface area contributed by atoms with Crippen LogP contribution in [0.1, 0.15) is 31.7 Å². The Labute approximate surface area is 192 Å². The van der Waals surface area contributed by atoms with E-state index >= 15 is 0 Å². The Morgan fingerprint density at radius 3 is 2.81 bits per heavy atom. The van der Waals surface area contributed by atoms with E-state index in [2.05, 4.69) is 25.7 Å². The van der Waals surface area contributed by atoms with Gasteiger partial charge in [-0.15, -0.1) is 10.2 Å². The number of carbonyl (C=O) groups excluding carboxylic acids is 2. The second-order valence-corrected chi connectivity index (χ2v) is 9.03. The number of benzene rings is 1. The molecule has 2 amide bonds. The number of nitrogens with one attached hydrogen (secondary N) is 2. The molecule has 2 N–H and O–H groups in total. The molecule has 1 aliphatic rings. The molecule has 0 bridgehead atoms. The van der Waals surface area contributed by atoms with Crippen molar-refractivity contribution in [3.63, 3.8) is 0 Å². The van der Waals surface area contributed by atoms with Crippen LogP contribution in [0.3, 0.4) is 0 Å². The lowest BCUT2D eigenvalue weighted by atomic mass is 9.97. The first kappa shape index (κ1) is 23.3. The minimum atomic E-state index is -0.154. The number of piperidine rings is 1. The van der Waals surface area contributed by atoms with Crippen LogP contribution in [-0.4, -0.2) is 47.4 Å². The van der Waals surface area contributed by atoms with Crippen LogP contribution in [0.2, 0.25) is 5.02 Å². The summed E-state index contributed by atoms with van der Waals surface area (Å²) in [5.74, 6) is 0.911. The number of thioether (sulfide) groups is 1. The minimum absolute atomic E-state index is 0.0200. The number of aryl methyl sites for hydroxylation is 1. The van der Waals surface area contributed by atoms with Crippen molar-refractivity contribution < 1.29 is 9.59 Å². The van der Waals surface area contributed by atoms with E-state index in [1.54, 1.807) is 6.07 Å². The van der Waals surface area contributed by atoms with Gasteiger partial charge in [0.1, 0.15) is 5.03 Å². The molecule has 2 aromatic rings. The molecular formula is C22H28ClN5O2S. The van der Waals surface area contributed by atoms with Crippen LogP contribution < -0.4 is 15.5 Å². The molecule has 1 aromatic heterocycles. The molecule has 2 heterocycles. The summed E-state index contributed by atoms with van der Waals surface area (Å²) < 4.78 is 0. The number of aromatic nitrogens is 2. The van der Waals surface area contributed by atoms with Crippen molar-refractivity contribution in [1.82, 2.24) is 15.5 Å². The van der Waals surface area contributed by atoms with Gasteiger partial charge in [0, 0.05) is 19.6 Å². The Morgan fingerprint density at radius 1 is 1.26 bits per heavy atom. The molecule has 9 heteroatoms. The fourth-order valence-corrected chi connectivity index (χ4v) is 4.29. The van der Waals surface area contributed by atoms with Gasteiger partial charge in [0.15, 0.2) is 5.82 Å². The van der Waals surface area contributed by atoms with Crippen LogP contribution in [0, 0.1) is 12.8 Å². The Morgan fingerprint density at radius 2 is 2.10 bits per heavy atom. The largest absolute Gasteiger partial charge is 0.356 e. The predicted molar refractivity (Wildman–Crippen MR) is 126 cm³/mol. The third-order valence-corrected chi connectivity index (χ3v) is 6.27. The minimum Gasteiger partial charge on any atom is -0.356 e. The average molecular weight is 462 g/mol. The summed E-state index contributed by atoms with van der Waals surface area (Å²) in [6.07, 6.45) is 2.78. The third-order valence-electron chi connectivity index (χ3n) is 5.04. The second kappa shape index (κ2) is 11.3. The van der Waals surface area contributed by atoms with Crippen molar-refractivity contribution in [2.45, 2.75) is 38.1 Å². The zero-order valence-electron chi connectivity index (χ0n) is 17.9. The highest BCUT2D eigenvalue weighted by molar-refractivity contribution is 7.99. The van der Waals surface area contributed by atoms with Crippen LogP contribution in [0.15, 0.2) is 35.4 Å². The summed E-state index contributed by atoms with van der Waals surface area (Å²) in [5.41, 5.74) is 1.64. The molecule has 1 saturated heterocycles. The van der Waals surface area contributed by atoms with Gasteiger partial charge in [-0.1, -0.05) is 36.4 Å². The van der Waals surface area contributed by atoms with Crippen LogP contribution >= 0.6 is 23.4 Å². The van der Waals surface area contributed by atoms with Gasteiger partial charge < -0.3 is 15.5 Å². The van der Waals surface area contributed by atoms with E-state index in [-0.39, 0.29) is 23.5 Å². The predicted octanol–water partition coefficient (Wildman–Crippen LogP) is 3.91. The van der Waals surface area contributed by atoms with E-state index in [4.69, 9.17) is 11.6 Å². The molecule has 1 fully saturated rings. The van der Waals surface area contributed by atoms with Crippen molar-refractivity contribution in [1.29, 1.82) is 0 Å². The first-order valence-electron chi connectivity index (χ1n) is 10.5. The van der Waals surface area contributed by atoms with E-state index in [9.17, 15) is 9.59 Å². The molecule has 1 atom stereocenters. The number of nitrogens with zero attached hydrogens (tertiary/aromatic N) is 3. The van der Waals surface area contributed by atoms with Crippen LogP contribution in [0.25, 0.3) is 0 Å². The maximum Gasteiger partial charge on any atom is 0.234 e. The van der Waals surface area contributed by atoms with Crippen molar-refractivity contribution in [2.75, 3.05) is 35.6 Å². The van der Waals surface area contributed by atoms with Gasteiger partial charge in [-0.3, -0.25) is 9.59 Å². The van der Waals surface area contributed by atoms with E-state index in [0.717, 1.165) is 37.2 Å². The van der Waals surface area contributed by atoms with E-state index < -0.39 is 0 Å². The first-order chi connectivity index (χ1) is 15.0. The zero-order valence-corrected chi connectivity index (χ0v) is 19.4. The van der Waals surface area contributed by atoms with Crippen molar-refractivity contribution >= 4 is 46.7 Å². The van der Waals surface area contributed by atoms with E-state index in [0.29, 0.717) is 28.8 Å². The Balaban J connectivity index is 1.50. The summed E-state index contributed by atoms with van der Waals surface area (Å²) in [6, 6.07) is 9.27. The molecule has 31 heavy (non-hydrogen) atoms. The second-order valence-electron chi connectivity index (χ2n) is 7.63. The topological polar surface area (TPSA) is 87.2 Å². The van der Waals surface area contributed by atoms with Gasteiger partial charge >= 0.3 is 0 Å². The molecule has 1 unspecified atom stereocenters. The number of anilines is 2. The molecule has 0 radical (unpaired) electrons. The molecule has 1 aromatic carbocycles. The molecule has 0 aliphatic carbocycles. The monoisotopic (exact) mass is 461 g/mol. The lowest BCUT2D eigenvalue weighted by Gasteiger charge is -2.32. The summed E-state index contributed by atoms with van der Waals surface area (Å²) in [7, 11) is 0. The molecule has 0 saturated carbocycles. The number of hydrogen-bond acceptors (Lipinski definition) is 6. The number of amides is 2. The quantitative estimate of drug-likeness (QED) is 0.579. The molecule has 1 aliphatic heterocycles. The van der Waals surface area contributed by atoms with Gasteiger partial charge in [0.2, 0.25) is 11.8 Å². The first-order valence-corrected chi connectivity index (χ1v) is 11.9. The highest BCUT2D eigenvalue weighted by Crippen LogP contribution is 2.25. The van der Waals surface area contributed by atoms with Crippen molar-refractivity contribution in [3.8, 4) is 0 Å². The maximum atomic E-state index is 12.3. The highest BCUT2D eigenvalue weighted by Gasteiger charge is 2.26. The summed E-state index contributed by atoms with van der Waals surface area (Å²) in [5, 5.41) is 15.5. The smallest absolute Gasteiger partial charge is 0.234 e. The third kappa shape index (κ3) is 6.83. The van der Waals surface area contributed by atoms with Crippen LogP contribution in [-0.2, 0) is 9.59 Å². The fourth-order valence-electron chi connectivity index (χ4n) is 3.40. The summed E-state index contributed by atoms with van der Waals surface area (Å²) in [6.45, 7) is 6.21. The molecular weight excluding hydrogens is 434 g/mol. The Bertz CT molecular complexity index is 909. The number of rotatable bonds is 8. The zero-order chi connectivity index (χ0) is 22.2. The summed E-state index contributed by atoms with van der Waals surface area (Å²) >= 11 is 7.48. The van der Waals surface area contributed by atoms with Gasteiger partial charge in [-0.05, 0) is 56.0 Å². The summed E-state index contributed by atoms with van der Waals surface area (Å²) in [4.78, 5) is 26.6. The average Bonchev–Trinajstić information content (AvgIpc) is 2.78. The standard InChI is InChI=1S/C22H28ClN5O2S/c1-3-10-24-22(30)16-5-4-11-28(13-16)19-8-9-21(27-26-19)31-14-20(29)25-18-7-6-15(2)12-17(18)23/h6-9,12,16H,3-5,10-11,13-14H2,1-2H3,(H,24,30)(H,25,29). The number of halogens is 1. The highest BCUT2D eigenvalue weighted by atomic mass is 35.5. The molecule has 0 spiro atoms. The van der Waals surface area contributed by atoms with Gasteiger partial charge in [-0.2, -0.15) is 0 Å². The van der Waals surface area contributed by atoms with Gasteiger partial charge in [0.25, 0.3) is 0 Å². The van der Waals surface area contributed by atoms with E-state index in [1.165, 1.54) is 11.8 Å². The molecule has 7 nitrogen and oxygen atoms in total. The van der Waals surface area contributed by atoms with E-state index in [1.807, 2.05) is 38.1 Å². The lowest BCUT2D eigenvalue weighted by molar-refractivity contribution is -0.125. The molecule has 166 valence electrons. The number of carbonyl (C=O) groups is 2. The molecule has 3 rings (SSSR count). The lowest BCUT2D eigenvalue weighted by Crippen LogP contribution is -2.43. The normalized spacial score (nSPS) is 16.1. The van der Waals surface area contributed by atoms with Crippen LogP contribution in [0.4, 0.5) is 11.5 Å². The van der Waals surface area contributed by atoms with Gasteiger partial charge in [-0.25, -0.2) is 0 Å². The van der Waals surface area contributed by atoms with Gasteiger partial charge in [0.05, 0.1) is 22.4 Å². The van der Waals surface area contributed by atoms with Crippen molar-refractivity contribution in [3.05, 3.63) is 40.9 Å². The maximum absolute atomic E-state index is 12.3. The fraction of sp³-hybridized carbons (Fsp3) is 0.455.